The Morgan fingerprint density at radius 1 is 1.38 bits per heavy atom. The molecule has 0 unspecified atom stereocenters. The summed E-state index contributed by atoms with van der Waals surface area (Å²) in [6.45, 7) is 1.51. The average Bonchev–Trinajstić information content (AvgIpc) is 2.25. The number of rotatable bonds is 2. The van der Waals surface area contributed by atoms with Crippen molar-refractivity contribution in [3.8, 4) is 5.75 Å². The van der Waals surface area contributed by atoms with Crippen LogP contribution in [0.15, 0.2) is 30.5 Å². The number of ether oxygens (including phenoxy) is 1. The van der Waals surface area contributed by atoms with Crippen molar-refractivity contribution in [1.82, 2.24) is 4.98 Å². The lowest BCUT2D eigenvalue weighted by Crippen LogP contribution is -2.00. The zero-order valence-corrected chi connectivity index (χ0v) is 8.80. The molecule has 0 fully saturated rings. The van der Waals surface area contributed by atoms with Gasteiger partial charge in [-0.3, -0.25) is 9.78 Å². The van der Waals surface area contributed by atoms with Crippen molar-refractivity contribution in [3.05, 3.63) is 36.2 Å². The van der Waals surface area contributed by atoms with Crippen molar-refractivity contribution in [3.63, 3.8) is 0 Å². The number of phenols is 1. The highest BCUT2D eigenvalue weighted by molar-refractivity contribution is 5.83. The normalized spacial score (nSPS) is 10.3. The van der Waals surface area contributed by atoms with E-state index in [1.807, 2.05) is 0 Å². The number of hydrogen-bond donors (Lipinski definition) is 1. The van der Waals surface area contributed by atoms with Gasteiger partial charge in [0.1, 0.15) is 12.4 Å². The number of carbonyl (C=O) groups is 1. The molecule has 1 aromatic heterocycles. The van der Waals surface area contributed by atoms with Crippen LogP contribution < -0.4 is 0 Å². The van der Waals surface area contributed by atoms with E-state index in [-0.39, 0.29) is 18.3 Å². The van der Waals surface area contributed by atoms with E-state index in [1.165, 1.54) is 6.92 Å². The zero-order chi connectivity index (χ0) is 11.5. The predicted molar refractivity (Wildman–Crippen MR) is 58.9 cm³/mol. The van der Waals surface area contributed by atoms with Gasteiger partial charge in [0.25, 0.3) is 0 Å². The van der Waals surface area contributed by atoms with Crippen molar-refractivity contribution in [2.45, 2.75) is 13.5 Å². The second kappa shape index (κ2) is 4.18. The number of pyridine rings is 1. The average molecular weight is 217 g/mol. The Bertz CT molecular complexity index is 537. The van der Waals surface area contributed by atoms with Gasteiger partial charge in [0.05, 0.1) is 5.69 Å². The van der Waals surface area contributed by atoms with Gasteiger partial charge in [-0.25, -0.2) is 0 Å². The number of aromatic hydroxyl groups is 1. The highest BCUT2D eigenvalue weighted by Crippen LogP contribution is 2.19. The third-order valence-corrected chi connectivity index (χ3v) is 2.19. The maximum Gasteiger partial charge on any atom is 0.303 e. The lowest BCUT2D eigenvalue weighted by atomic mass is 10.1. The van der Waals surface area contributed by atoms with Crippen LogP contribution in [0.25, 0.3) is 10.8 Å². The smallest absolute Gasteiger partial charge is 0.303 e. The van der Waals surface area contributed by atoms with Crippen LogP contribution in [-0.2, 0) is 16.1 Å². The fourth-order valence-electron chi connectivity index (χ4n) is 1.43. The molecule has 4 nitrogen and oxygen atoms in total. The number of aromatic nitrogens is 1. The Balaban J connectivity index is 2.31. The monoisotopic (exact) mass is 217 g/mol. The summed E-state index contributed by atoms with van der Waals surface area (Å²) in [5.74, 6) is -0.130. The van der Waals surface area contributed by atoms with Gasteiger partial charge in [0.15, 0.2) is 0 Å². The van der Waals surface area contributed by atoms with Crippen molar-refractivity contribution in [1.29, 1.82) is 0 Å². The molecule has 82 valence electrons. The zero-order valence-electron chi connectivity index (χ0n) is 8.80. The number of benzene rings is 1. The third kappa shape index (κ3) is 2.28. The Kier molecular flexibility index (Phi) is 2.72. The van der Waals surface area contributed by atoms with E-state index < -0.39 is 0 Å². The summed E-state index contributed by atoms with van der Waals surface area (Å²) in [6.07, 6.45) is 1.69. The van der Waals surface area contributed by atoms with Gasteiger partial charge in [-0.05, 0) is 29.7 Å². The first kappa shape index (κ1) is 10.4. The van der Waals surface area contributed by atoms with E-state index in [0.717, 1.165) is 10.8 Å². The molecule has 4 heteroatoms. The molecule has 0 spiro atoms. The number of nitrogens with zero attached hydrogens (tertiary/aromatic N) is 1. The van der Waals surface area contributed by atoms with Crippen molar-refractivity contribution < 1.29 is 14.6 Å². The number of fused-ring (bicyclic) bond motifs is 1. The molecule has 2 aromatic rings. The van der Waals surface area contributed by atoms with Gasteiger partial charge in [-0.2, -0.15) is 0 Å². The number of carbonyl (C=O) groups excluding carboxylic acids is 1. The van der Waals surface area contributed by atoms with E-state index in [2.05, 4.69) is 4.98 Å². The minimum atomic E-state index is -0.335. The maximum absolute atomic E-state index is 10.6. The van der Waals surface area contributed by atoms with Gasteiger partial charge in [-0.15, -0.1) is 0 Å². The van der Waals surface area contributed by atoms with Crippen LogP contribution in [0, 0.1) is 0 Å². The largest absolute Gasteiger partial charge is 0.508 e. The molecule has 1 N–H and O–H groups in total. The summed E-state index contributed by atoms with van der Waals surface area (Å²) in [5, 5.41) is 11.1. The number of hydrogen-bond acceptors (Lipinski definition) is 4. The minimum absolute atomic E-state index is 0.154. The van der Waals surface area contributed by atoms with E-state index in [1.54, 1.807) is 30.5 Å². The number of phenolic OH excluding ortho intramolecular Hbond substituents is 1. The third-order valence-electron chi connectivity index (χ3n) is 2.19. The van der Waals surface area contributed by atoms with Crippen molar-refractivity contribution >= 4 is 16.7 Å². The van der Waals surface area contributed by atoms with Crippen molar-refractivity contribution in [2.24, 2.45) is 0 Å². The fraction of sp³-hybridized carbons (Fsp3) is 0.167. The predicted octanol–water partition coefficient (Wildman–Crippen LogP) is 2.00. The molecule has 0 aliphatic rings. The number of esters is 1. The molecule has 16 heavy (non-hydrogen) atoms. The molecule has 1 heterocycles. The summed E-state index contributed by atoms with van der Waals surface area (Å²) in [7, 11) is 0. The van der Waals surface area contributed by atoms with E-state index in [0.29, 0.717) is 5.69 Å². The molecule has 0 aliphatic heterocycles. The quantitative estimate of drug-likeness (QED) is 0.781. The minimum Gasteiger partial charge on any atom is -0.508 e. The molecule has 0 bridgehead atoms. The van der Waals surface area contributed by atoms with Gasteiger partial charge in [-0.1, -0.05) is 0 Å². The Labute approximate surface area is 92.5 Å². The van der Waals surface area contributed by atoms with E-state index in [4.69, 9.17) is 4.74 Å². The van der Waals surface area contributed by atoms with Crippen LogP contribution in [0.2, 0.25) is 0 Å². The SMILES string of the molecule is CC(=O)OCc1cc2cc(O)ccc2cn1. The summed E-state index contributed by atoms with van der Waals surface area (Å²) in [6, 6.07) is 6.83. The molecule has 0 aliphatic carbocycles. The van der Waals surface area contributed by atoms with Gasteiger partial charge in [0.2, 0.25) is 0 Å². The Morgan fingerprint density at radius 3 is 2.94 bits per heavy atom. The van der Waals surface area contributed by atoms with Gasteiger partial charge >= 0.3 is 5.97 Å². The van der Waals surface area contributed by atoms with Crippen LogP contribution in [0.5, 0.6) is 5.75 Å². The van der Waals surface area contributed by atoms with Crippen LogP contribution in [0.4, 0.5) is 0 Å². The lowest BCUT2D eigenvalue weighted by Gasteiger charge is -2.03. The molecule has 1 aromatic carbocycles. The Morgan fingerprint density at radius 2 is 2.19 bits per heavy atom. The Hall–Kier alpha value is -2.10. The molecular weight excluding hydrogens is 206 g/mol. The highest BCUT2D eigenvalue weighted by Gasteiger charge is 2.01. The van der Waals surface area contributed by atoms with Crippen LogP contribution in [0.3, 0.4) is 0 Å². The van der Waals surface area contributed by atoms with Crippen LogP contribution in [0.1, 0.15) is 12.6 Å². The molecule has 0 atom stereocenters. The second-order valence-corrected chi connectivity index (χ2v) is 3.49. The maximum atomic E-state index is 10.6. The molecule has 0 saturated heterocycles. The first-order valence-electron chi connectivity index (χ1n) is 4.86. The molecule has 0 saturated carbocycles. The summed E-state index contributed by atoms with van der Waals surface area (Å²) in [5.41, 5.74) is 0.660. The summed E-state index contributed by atoms with van der Waals surface area (Å²) >= 11 is 0. The summed E-state index contributed by atoms with van der Waals surface area (Å²) in [4.78, 5) is 14.8. The molecular formula is C12H11NO3. The summed E-state index contributed by atoms with van der Waals surface area (Å²) < 4.78 is 4.84. The van der Waals surface area contributed by atoms with Crippen molar-refractivity contribution in [2.75, 3.05) is 0 Å². The lowest BCUT2D eigenvalue weighted by molar-refractivity contribution is -0.142. The topological polar surface area (TPSA) is 59.4 Å². The molecule has 0 amide bonds. The molecule has 0 radical (unpaired) electrons. The first-order chi connectivity index (χ1) is 7.65. The van der Waals surface area contributed by atoms with Gasteiger partial charge in [0, 0.05) is 18.5 Å². The van der Waals surface area contributed by atoms with E-state index >= 15 is 0 Å². The second-order valence-electron chi connectivity index (χ2n) is 3.49. The first-order valence-corrected chi connectivity index (χ1v) is 4.86. The highest BCUT2D eigenvalue weighted by atomic mass is 16.5. The van der Waals surface area contributed by atoms with E-state index in [9.17, 15) is 9.90 Å². The fourth-order valence-corrected chi connectivity index (χ4v) is 1.43. The molecule has 2 rings (SSSR count). The van der Waals surface area contributed by atoms with Crippen LogP contribution in [-0.4, -0.2) is 16.1 Å². The standard InChI is InChI=1S/C12H11NO3/c1-8(14)16-7-11-4-10-5-12(15)3-2-9(10)6-13-11/h2-6,15H,7H2,1H3. The van der Waals surface area contributed by atoms with Crippen LogP contribution >= 0.6 is 0 Å². The van der Waals surface area contributed by atoms with Gasteiger partial charge < -0.3 is 9.84 Å².